The van der Waals surface area contributed by atoms with Gasteiger partial charge in [0.1, 0.15) is 11.6 Å². The summed E-state index contributed by atoms with van der Waals surface area (Å²) in [4.78, 5) is 60.1. The molecule has 4 aliphatic rings. The monoisotopic (exact) mass is 867 g/mol. The number of imide groups is 1. The number of piperidine rings is 1. The molecule has 0 radical (unpaired) electrons. The number of rotatable bonds is 11. The molecule has 4 amide bonds. The minimum Gasteiger partial charge on any atom is -0.378 e. The minimum absolute atomic E-state index is 0. The molecule has 318 valence electrons. The molecule has 7 rings (SSSR count). The van der Waals surface area contributed by atoms with E-state index in [1.807, 2.05) is 32.0 Å². The number of nitrogens with zero attached hydrogens (tertiary/aromatic N) is 7. The predicted octanol–water partition coefficient (Wildman–Crippen LogP) is 5.43. The Morgan fingerprint density at radius 1 is 1.08 bits per heavy atom. The molecule has 2 N–H and O–H groups in total. The molecule has 3 aromatic rings. The van der Waals surface area contributed by atoms with E-state index in [9.17, 15) is 24.4 Å². The van der Waals surface area contributed by atoms with Crippen molar-refractivity contribution in [2.45, 2.75) is 114 Å². The molecule has 3 aliphatic heterocycles. The normalized spacial score (nSPS) is 26.7. The number of halogens is 2. The summed E-state index contributed by atoms with van der Waals surface area (Å²) in [5, 5.41) is 20.6. The number of aromatic nitrogens is 2. The number of amides is 4. The number of fused-ring (bicyclic) bond motifs is 1. The fraction of sp³-hybridized carbons (Fsp3) is 0.571. The van der Waals surface area contributed by atoms with Crippen LogP contribution in [-0.4, -0.2) is 116 Å². The Morgan fingerprint density at radius 2 is 1.80 bits per heavy atom. The van der Waals surface area contributed by atoms with Gasteiger partial charge in [0.15, 0.2) is 0 Å². The zero-order chi connectivity index (χ0) is 41.5. The highest BCUT2D eigenvalue weighted by Crippen LogP contribution is 2.42. The lowest BCUT2D eigenvalue weighted by Crippen LogP contribution is -2.58. The standard InChI is InChI=1S/C42H54ClN9O5S.ClH/c1-25-22-49(23-26(2)50(25)24-36(54)45-34-9-6-8-31-37(47-48(5)38(31)34)32-16-17-35(53)46-39(32)55)18-7-19-57-30-14-12-28(13-15-30)52-41(58)51(40(56)42(52,3)4)29-11-10-27(21-44)33(43)20-29;/h6,8-11,20,25-26,28,30,32,41,58H,7,12-19,22-24H2,1-5H3,(H,45,54)(H,46,53,55);1H/t25-,26+,28?,30?,32?,41?;. The van der Waals surface area contributed by atoms with Gasteiger partial charge in [-0.1, -0.05) is 23.7 Å². The summed E-state index contributed by atoms with van der Waals surface area (Å²) in [6.45, 7) is 11.8. The highest BCUT2D eigenvalue weighted by Gasteiger charge is 2.54. The number of benzene rings is 2. The second-order valence-electron chi connectivity index (χ2n) is 16.8. The molecule has 0 spiro atoms. The summed E-state index contributed by atoms with van der Waals surface area (Å²) in [5.74, 6) is -1.27. The average molecular weight is 869 g/mol. The first-order valence-corrected chi connectivity index (χ1v) is 21.3. The summed E-state index contributed by atoms with van der Waals surface area (Å²) in [5.41, 5.74) is 1.81. The van der Waals surface area contributed by atoms with Crippen molar-refractivity contribution in [1.29, 1.82) is 5.26 Å². The molecule has 1 aromatic heterocycles. The van der Waals surface area contributed by atoms with Gasteiger partial charge in [-0.25, -0.2) is 0 Å². The first-order chi connectivity index (χ1) is 27.7. The third kappa shape index (κ3) is 9.15. The van der Waals surface area contributed by atoms with Crippen molar-refractivity contribution in [3.05, 3.63) is 52.7 Å². The van der Waals surface area contributed by atoms with Crippen LogP contribution in [0.15, 0.2) is 36.4 Å². The van der Waals surface area contributed by atoms with Crippen LogP contribution in [0.2, 0.25) is 5.02 Å². The van der Waals surface area contributed by atoms with Crippen molar-refractivity contribution in [2.24, 2.45) is 7.05 Å². The summed E-state index contributed by atoms with van der Waals surface area (Å²) < 4.78 is 8.09. The van der Waals surface area contributed by atoms with Crippen molar-refractivity contribution in [1.82, 2.24) is 29.8 Å². The summed E-state index contributed by atoms with van der Waals surface area (Å²) in [7, 11) is 1.80. The highest BCUT2D eigenvalue weighted by molar-refractivity contribution is 7.81. The van der Waals surface area contributed by atoms with Gasteiger partial charge >= 0.3 is 0 Å². The van der Waals surface area contributed by atoms with Crippen LogP contribution in [0.25, 0.3) is 10.9 Å². The summed E-state index contributed by atoms with van der Waals surface area (Å²) >= 11 is 11.3. The van der Waals surface area contributed by atoms with Crippen LogP contribution in [0.4, 0.5) is 11.4 Å². The quantitative estimate of drug-likeness (QED) is 0.129. The first kappa shape index (κ1) is 44.8. The first-order valence-electron chi connectivity index (χ1n) is 20.4. The lowest BCUT2D eigenvalue weighted by atomic mass is 9.89. The van der Waals surface area contributed by atoms with E-state index in [2.05, 4.69) is 50.3 Å². The number of carbonyl (C=O) groups is 4. The number of ether oxygens (including phenoxy) is 1. The van der Waals surface area contributed by atoms with Gasteiger partial charge < -0.3 is 15.0 Å². The molecule has 3 saturated heterocycles. The molecule has 4 fully saturated rings. The van der Waals surface area contributed by atoms with Crippen molar-refractivity contribution in [2.75, 3.05) is 43.0 Å². The van der Waals surface area contributed by atoms with E-state index in [-0.39, 0.29) is 73.2 Å². The Kier molecular flexibility index (Phi) is 14.0. The molecule has 0 bridgehead atoms. The number of piperazine rings is 1. The van der Waals surface area contributed by atoms with Crippen LogP contribution in [-0.2, 0) is 31.0 Å². The second-order valence-corrected chi connectivity index (χ2v) is 17.7. The molecule has 14 nitrogen and oxygen atoms in total. The van der Waals surface area contributed by atoms with E-state index in [4.69, 9.17) is 29.0 Å². The minimum atomic E-state index is -0.743. The van der Waals surface area contributed by atoms with E-state index in [1.54, 1.807) is 34.8 Å². The smallest absolute Gasteiger partial charge is 0.249 e. The van der Waals surface area contributed by atoms with E-state index >= 15 is 0 Å². The third-order valence-electron chi connectivity index (χ3n) is 12.5. The SMILES string of the molecule is C[C@@H]1CN(CCCOC2CCC(N3C(S)N(c4ccc(C#N)c(Cl)c4)C(=O)C3(C)C)CC2)C[C@H](C)N1CC(=O)Nc1cccc2c(C3CCC(=O)NC3=O)nn(C)c12.Cl. The third-order valence-corrected chi connectivity index (χ3v) is 13.3. The molecule has 1 saturated carbocycles. The largest absolute Gasteiger partial charge is 0.378 e. The van der Waals surface area contributed by atoms with Crippen molar-refractivity contribution in [3.8, 4) is 6.07 Å². The number of nitriles is 1. The maximum absolute atomic E-state index is 13.7. The van der Waals surface area contributed by atoms with Gasteiger partial charge in [0.2, 0.25) is 23.6 Å². The van der Waals surface area contributed by atoms with E-state index < -0.39 is 17.0 Å². The molecular weight excluding hydrogens is 813 g/mol. The Labute approximate surface area is 362 Å². The number of para-hydroxylation sites is 1. The average Bonchev–Trinajstić information content (AvgIpc) is 3.60. The fourth-order valence-corrected chi connectivity index (χ4v) is 10.5. The molecular formula is C42H55Cl2N9O5S. The van der Waals surface area contributed by atoms with Crippen molar-refractivity contribution >= 4 is 82.5 Å². The Morgan fingerprint density at radius 3 is 2.46 bits per heavy atom. The molecule has 4 atom stereocenters. The molecule has 59 heavy (non-hydrogen) atoms. The lowest BCUT2D eigenvalue weighted by Gasteiger charge is -2.44. The second kappa shape index (κ2) is 18.5. The van der Waals surface area contributed by atoms with E-state index in [0.29, 0.717) is 40.7 Å². The van der Waals surface area contributed by atoms with Crippen molar-refractivity contribution in [3.63, 3.8) is 0 Å². The number of nitrogens with one attached hydrogen (secondary N) is 2. The van der Waals surface area contributed by atoms with Crippen LogP contribution in [0, 0.1) is 11.3 Å². The highest BCUT2D eigenvalue weighted by atomic mass is 35.5. The number of anilines is 2. The van der Waals surface area contributed by atoms with Crippen LogP contribution >= 0.6 is 36.6 Å². The van der Waals surface area contributed by atoms with Crippen LogP contribution < -0.4 is 15.5 Å². The Hall–Kier alpha value is -3.75. The molecule has 2 unspecified atom stereocenters. The zero-order valence-electron chi connectivity index (χ0n) is 34.3. The van der Waals surface area contributed by atoms with E-state index in [1.165, 1.54) is 0 Å². The van der Waals surface area contributed by atoms with Gasteiger partial charge in [-0.15, -0.1) is 25.0 Å². The van der Waals surface area contributed by atoms with Gasteiger partial charge in [0, 0.05) is 68.9 Å². The van der Waals surface area contributed by atoms with Gasteiger partial charge in [-0.2, -0.15) is 10.4 Å². The fourth-order valence-electron chi connectivity index (χ4n) is 9.58. The molecule has 17 heteroatoms. The predicted molar refractivity (Wildman–Crippen MR) is 233 cm³/mol. The molecule has 1 aliphatic carbocycles. The number of hydrogen-bond donors (Lipinski definition) is 3. The summed E-state index contributed by atoms with van der Waals surface area (Å²) in [6.07, 6.45) is 5.42. The van der Waals surface area contributed by atoms with Gasteiger partial charge in [-0.3, -0.25) is 43.9 Å². The summed E-state index contributed by atoms with van der Waals surface area (Å²) in [6, 6.07) is 13.3. The van der Waals surface area contributed by atoms with Crippen LogP contribution in [0.5, 0.6) is 0 Å². The van der Waals surface area contributed by atoms with Crippen molar-refractivity contribution < 1.29 is 23.9 Å². The van der Waals surface area contributed by atoms with E-state index in [0.717, 1.165) is 62.6 Å². The Balaban J connectivity index is 0.00000585. The van der Waals surface area contributed by atoms with Gasteiger partial charge in [0.05, 0.1) is 51.6 Å². The topological polar surface area (TPSA) is 156 Å². The lowest BCUT2D eigenvalue weighted by molar-refractivity contribution is -0.134. The number of carbonyl (C=O) groups excluding carboxylic acids is 4. The van der Waals surface area contributed by atoms with Crippen LogP contribution in [0.1, 0.15) is 89.8 Å². The maximum atomic E-state index is 13.7. The van der Waals surface area contributed by atoms with Gasteiger partial charge in [-0.05, 0) is 90.5 Å². The van der Waals surface area contributed by atoms with Gasteiger partial charge in [0.25, 0.3) is 0 Å². The van der Waals surface area contributed by atoms with Crippen LogP contribution in [0.3, 0.4) is 0 Å². The maximum Gasteiger partial charge on any atom is 0.249 e. The Bertz CT molecular complexity index is 2110. The zero-order valence-corrected chi connectivity index (χ0v) is 36.8. The number of thiol groups is 1. The number of aryl methyl sites for hydroxylation is 1. The molecule has 4 heterocycles. The molecule has 2 aromatic carbocycles. The number of hydrogen-bond acceptors (Lipinski definition) is 11.